The first-order chi connectivity index (χ1) is 19.6. The molecule has 0 aliphatic carbocycles. The van der Waals surface area contributed by atoms with Crippen molar-refractivity contribution in [2.75, 3.05) is 0 Å². The summed E-state index contributed by atoms with van der Waals surface area (Å²) >= 11 is 0. The predicted molar refractivity (Wildman–Crippen MR) is 202 cm³/mol. The summed E-state index contributed by atoms with van der Waals surface area (Å²) in [5.41, 5.74) is 1.01. The van der Waals surface area contributed by atoms with Crippen LogP contribution in [0.2, 0.25) is 0 Å². The monoisotopic (exact) mass is 597 g/mol. The summed E-state index contributed by atoms with van der Waals surface area (Å²) in [6, 6.07) is 0. The molecular formula is C42H92. The van der Waals surface area contributed by atoms with E-state index in [0.29, 0.717) is 10.8 Å². The average molecular weight is 597 g/mol. The van der Waals surface area contributed by atoms with Gasteiger partial charge in [-0.25, -0.2) is 0 Å². The fraction of sp³-hybridized carbons (Fsp3) is 1.00. The Kier molecular flexibility index (Phi) is 39.4. The Morgan fingerprint density at radius 2 is 0.738 bits per heavy atom. The average Bonchev–Trinajstić information content (AvgIpc) is 2.93. The smallest absolute Gasteiger partial charge is 0.0352 e. The number of hydrogen-bond donors (Lipinski definition) is 0. The minimum absolute atomic E-state index is 0.486. The van der Waals surface area contributed by atoms with Crippen LogP contribution in [0.5, 0.6) is 0 Å². The van der Waals surface area contributed by atoms with Crippen molar-refractivity contribution in [3.63, 3.8) is 0 Å². The van der Waals surface area contributed by atoms with Gasteiger partial charge in [0, 0.05) is 0 Å². The van der Waals surface area contributed by atoms with Crippen LogP contribution in [0.25, 0.3) is 0 Å². The van der Waals surface area contributed by atoms with Gasteiger partial charge >= 0.3 is 0 Å². The summed E-state index contributed by atoms with van der Waals surface area (Å²) in [6.45, 7) is 37.0. The van der Waals surface area contributed by atoms with Gasteiger partial charge in [-0.2, -0.15) is 0 Å². The Balaban J connectivity index is -0.000000230. The van der Waals surface area contributed by atoms with E-state index in [0.717, 1.165) is 23.7 Å². The molecule has 0 fully saturated rings. The first kappa shape index (κ1) is 48.9. The molecule has 260 valence electrons. The fourth-order valence-electron chi connectivity index (χ4n) is 5.46. The van der Waals surface area contributed by atoms with Crippen molar-refractivity contribution in [3.8, 4) is 0 Å². The Morgan fingerprint density at radius 3 is 1.00 bits per heavy atom. The van der Waals surface area contributed by atoms with Crippen molar-refractivity contribution in [1.82, 2.24) is 0 Å². The van der Waals surface area contributed by atoms with E-state index in [9.17, 15) is 0 Å². The van der Waals surface area contributed by atoms with E-state index in [1.165, 1.54) is 128 Å². The lowest BCUT2D eigenvalue weighted by atomic mass is 9.75. The van der Waals surface area contributed by atoms with Gasteiger partial charge in [-0.1, -0.05) is 233 Å². The summed E-state index contributed by atoms with van der Waals surface area (Å²) in [6.07, 6.45) is 28.0. The maximum Gasteiger partial charge on any atom is -0.0352 e. The molecule has 0 heterocycles. The SMILES string of the molecule is CCC(C)(C)CC(C)(C)C.CCCC(C)CCCC(C)CC.CCCCCCC(C)CC.CCCCCCC(C)CC. The lowest BCUT2D eigenvalue weighted by Gasteiger charge is -2.31. The molecule has 0 nitrogen and oxygen atoms in total. The molecule has 0 aliphatic heterocycles. The highest BCUT2D eigenvalue weighted by Crippen LogP contribution is 2.35. The van der Waals surface area contributed by atoms with Crippen LogP contribution in [0.3, 0.4) is 0 Å². The normalized spacial score (nSPS) is 14.3. The van der Waals surface area contributed by atoms with Crippen LogP contribution in [0.4, 0.5) is 0 Å². The summed E-state index contributed by atoms with van der Waals surface area (Å²) < 4.78 is 0. The van der Waals surface area contributed by atoms with E-state index < -0.39 is 0 Å². The largest absolute Gasteiger partial charge is 0.0654 e. The highest BCUT2D eigenvalue weighted by molar-refractivity contribution is 4.74. The molecule has 0 bridgehead atoms. The lowest BCUT2D eigenvalue weighted by Crippen LogP contribution is -2.19. The number of unbranched alkanes of at least 4 members (excludes halogenated alkanes) is 6. The molecule has 0 aliphatic rings. The van der Waals surface area contributed by atoms with Crippen LogP contribution in [0.1, 0.15) is 239 Å². The molecule has 4 atom stereocenters. The number of hydrogen-bond acceptors (Lipinski definition) is 0. The van der Waals surface area contributed by atoms with Gasteiger partial charge in [0.25, 0.3) is 0 Å². The first-order valence-electron chi connectivity index (χ1n) is 19.6. The van der Waals surface area contributed by atoms with E-state index in [2.05, 4.69) is 111 Å². The maximum atomic E-state index is 2.39. The Morgan fingerprint density at radius 1 is 0.381 bits per heavy atom. The van der Waals surface area contributed by atoms with Gasteiger partial charge in [0.05, 0.1) is 0 Å². The molecule has 0 saturated carbocycles. The maximum absolute atomic E-state index is 2.39. The van der Waals surface area contributed by atoms with Crippen LogP contribution >= 0.6 is 0 Å². The third-order valence-corrected chi connectivity index (χ3v) is 9.33. The Bertz CT molecular complexity index is 449. The second kappa shape index (κ2) is 33.9. The molecule has 0 aromatic carbocycles. The predicted octanol–water partition coefficient (Wildman–Crippen LogP) is 16.5. The number of rotatable bonds is 21. The Hall–Kier alpha value is 0. The third kappa shape index (κ3) is 46.9. The molecule has 0 rings (SSSR count). The van der Waals surface area contributed by atoms with Crippen LogP contribution in [-0.2, 0) is 0 Å². The topological polar surface area (TPSA) is 0 Å². The highest BCUT2D eigenvalue weighted by atomic mass is 14.3. The fourth-order valence-corrected chi connectivity index (χ4v) is 5.46. The molecule has 0 spiro atoms. The van der Waals surface area contributed by atoms with Gasteiger partial charge in [0.15, 0.2) is 0 Å². The van der Waals surface area contributed by atoms with E-state index in [4.69, 9.17) is 0 Å². The van der Waals surface area contributed by atoms with Crippen LogP contribution in [-0.4, -0.2) is 0 Å². The molecule has 0 aromatic heterocycles. The van der Waals surface area contributed by atoms with Crippen molar-refractivity contribution < 1.29 is 0 Å². The Labute approximate surface area is 273 Å². The van der Waals surface area contributed by atoms with Gasteiger partial charge in [-0.15, -0.1) is 0 Å². The summed E-state index contributed by atoms with van der Waals surface area (Å²) in [5, 5.41) is 0. The van der Waals surface area contributed by atoms with Gasteiger partial charge in [-0.3, -0.25) is 0 Å². The van der Waals surface area contributed by atoms with Gasteiger partial charge in [0.2, 0.25) is 0 Å². The molecular weight excluding hydrogens is 504 g/mol. The van der Waals surface area contributed by atoms with E-state index in [1.807, 2.05) is 0 Å². The molecule has 0 N–H and O–H groups in total. The molecule has 0 heteroatoms. The van der Waals surface area contributed by atoms with Crippen molar-refractivity contribution in [1.29, 1.82) is 0 Å². The quantitative estimate of drug-likeness (QED) is 0.116. The van der Waals surface area contributed by atoms with E-state index in [1.54, 1.807) is 0 Å². The standard InChI is InChI=1S/C12H26.3C10H22/c1-5-8-12(4)10-7-9-11(3)6-2;1-7-10(5,6)8-9(2,3)4;2*1-4-6-7-8-9-10(3)5-2/h11-12H,5-10H2,1-4H3;7-8H2,1-6H3;2*10H,4-9H2,1-3H3. The van der Waals surface area contributed by atoms with E-state index in [-0.39, 0.29) is 0 Å². The zero-order valence-electron chi connectivity index (χ0n) is 33.5. The van der Waals surface area contributed by atoms with Gasteiger partial charge in [-0.05, 0) is 40.9 Å². The third-order valence-electron chi connectivity index (χ3n) is 9.33. The molecule has 4 unspecified atom stereocenters. The molecule has 42 heavy (non-hydrogen) atoms. The lowest BCUT2D eigenvalue weighted by molar-refractivity contribution is 0.206. The zero-order chi connectivity index (χ0) is 33.5. The second-order valence-corrected chi connectivity index (χ2v) is 16.3. The van der Waals surface area contributed by atoms with Crippen molar-refractivity contribution in [2.45, 2.75) is 239 Å². The van der Waals surface area contributed by atoms with Gasteiger partial charge in [0.1, 0.15) is 0 Å². The van der Waals surface area contributed by atoms with Crippen molar-refractivity contribution in [2.24, 2.45) is 34.5 Å². The van der Waals surface area contributed by atoms with Crippen LogP contribution in [0, 0.1) is 34.5 Å². The van der Waals surface area contributed by atoms with Crippen molar-refractivity contribution in [3.05, 3.63) is 0 Å². The highest BCUT2D eigenvalue weighted by Gasteiger charge is 2.23. The van der Waals surface area contributed by atoms with Gasteiger partial charge < -0.3 is 0 Å². The zero-order valence-corrected chi connectivity index (χ0v) is 33.5. The van der Waals surface area contributed by atoms with Crippen LogP contribution in [0.15, 0.2) is 0 Å². The molecule has 0 aromatic rings. The summed E-state index contributed by atoms with van der Waals surface area (Å²) in [4.78, 5) is 0. The second-order valence-electron chi connectivity index (χ2n) is 16.3. The van der Waals surface area contributed by atoms with E-state index >= 15 is 0 Å². The van der Waals surface area contributed by atoms with Crippen molar-refractivity contribution >= 4 is 0 Å². The summed E-state index contributed by atoms with van der Waals surface area (Å²) in [5.74, 6) is 3.81. The molecule has 0 saturated heterocycles. The first-order valence-corrected chi connectivity index (χ1v) is 19.6. The minimum Gasteiger partial charge on any atom is -0.0654 e. The molecule has 0 radical (unpaired) electrons. The van der Waals surface area contributed by atoms with Crippen LogP contribution < -0.4 is 0 Å². The summed E-state index contributed by atoms with van der Waals surface area (Å²) in [7, 11) is 0. The minimum atomic E-state index is 0.486. The molecule has 0 amide bonds.